The van der Waals surface area contributed by atoms with Crippen LogP contribution in [0.25, 0.3) is 0 Å². The van der Waals surface area contributed by atoms with Crippen molar-refractivity contribution in [2.24, 2.45) is 11.1 Å². The van der Waals surface area contributed by atoms with E-state index in [9.17, 15) is 4.79 Å². The molecule has 3 nitrogen and oxygen atoms in total. The van der Waals surface area contributed by atoms with Crippen molar-refractivity contribution < 1.29 is 4.79 Å². The van der Waals surface area contributed by atoms with Crippen LogP contribution in [0.2, 0.25) is 0 Å². The molecule has 1 aromatic carbocycles. The number of halogens is 2. The van der Waals surface area contributed by atoms with Gasteiger partial charge in [0.15, 0.2) is 0 Å². The van der Waals surface area contributed by atoms with Crippen molar-refractivity contribution in [3.05, 3.63) is 28.7 Å². The van der Waals surface area contributed by atoms with Crippen molar-refractivity contribution >= 4 is 46.0 Å². The number of carbonyl (C=O) groups excluding carboxylic acids is 1. The van der Waals surface area contributed by atoms with Gasteiger partial charge in [-0.2, -0.15) is 0 Å². The molecule has 2 N–H and O–H groups in total. The second kappa shape index (κ2) is 9.72. The van der Waals surface area contributed by atoms with Gasteiger partial charge >= 0.3 is 0 Å². The molecule has 0 aliphatic rings. The van der Waals surface area contributed by atoms with Crippen LogP contribution in [0.1, 0.15) is 20.3 Å². The molecular formula is C15H24BrClN2OS. The van der Waals surface area contributed by atoms with Crippen LogP contribution in [0.3, 0.4) is 0 Å². The molecule has 0 heterocycles. The predicted molar refractivity (Wildman–Crippen MR) is 97.2 cm³/mol. The highest BCUT2D eigenvalue weighted by molar-refractivity contribution is 9.10. The third-order valence-corrected chi connectivity index (χ3v) is 5.08. The van der Waals surface area contributed by atoms with Crippen molar-refractivity contribution in [3.63, 3.8) is 0 Å². The minimum Gasteiger partial charge on any atom is -0.345 e. The predicted octanol–water partition coefficient (Wildman–Crippen LogP) is 3.80. The zero-order chi connectivity index (χ0) is 15.2. The summed E-state index contributed by atoms with van der Waals surface area (Å²) < 4.78 is 1.08. The zero-order valence-corrected chi connectivity index (χ0v) is 16.0. The van der Waals surface area contributed by atoms with E-state index in [1.54, 1.807) is 16.7 Å². The Morgan fingerprint density at radius 2 is 2.00 bits per heavy atom. The summed E-state index contributed by atoms with van der Waals surface area (Å²) in [7, 11) is 1.85. The summed E-state index contributed by atoms with van der Waals surface area (Å²) in [6.07, 6.45) is 0.545. The molecule has 1 aromatic rings. The fraction of sp³-hybridized carbons (Fsp3) is 0.533. The van der Waals surface area contributed by atoms with Gasteiger partial charge in [-0.15, -0.1) is 24.2 Å². The number of carbonyl (C=O) groups is 1. The van der Waals surface area contributed by atoms with E-state index in [0.717, 1.165) is 10.2 Å². The minimum atomic E-state index is -0.0278. The Morgan fingerprint density at radius 3 is 2.57 bits per heavy atom. The molecule has 1 amide bonds. The van der Waals surface area contributed by atoms with E-state index in [0.29, 0.717) is 19.5 Å². The number of benzene rings is 1. The van der Waals surface area contributed by atoms with E-state index in [4.69, 9.17) is 5.73 Å². The van der Waals surface area contributed by atoms with E-state index < -0.39 is 0 Å². The SMILES string of the molecule is CN(CC(C)(C)CN)C(=O)CCSc1ccccc1Br.Cl. The highest BCUT2D eigenvalue weighted by Crippen LogP contribution is 2.27. The largest absolute Gasteiger partial charge is 0.345 e. The van der Waals surface area contributed by atoms with Gasteiger partial charge in [-0.05, 0) is 40.0 Å². The molecule has 1 rings (SSSR count). The molecule has 0 radical (unpaired) electrons. The molecule has 0 fully saturated rings. The van der Waals surface area contributed by atoms with Gasteiger partial charge in [-0.25, -0.2) is 0 Å². The summed E-state index contributed by atoms with van der Waals surface area (Å²) in [5, 5.41) is 0. The molecule has 120 valence electrons. The van der Waals surface area contributed by atoms with E-state index in [2.05, 4.69) is 35.8 Å². The number of hydrogen-bond acceptors (Lipinski definition) is 3. The normalized spacial score (nSPS) is 10.9. The Bertz CT molecular complexity index is 457. The fourth-order valence-corrected chi connectivity index (χ4v) is 3.30. The topological polar surface area (TPSA) is 46.3 Å². The number of thioether (sulfide) groups is 1. The Balaban J connectivity index is 0.00000400. The number of hydrogen-bond donors (Lipinski definition) is 1. The van der Waals surface area contributed by atoms with Crippen molar-refractivity contribution in [2.45, 2.75) is 25.2 Å². The van der Waals surface area contributed by atoms with Gasteiger partial charge in [-0.1, -0.05) is 26.0 Å². The van der Waals surface area contributed by atoms with E-state index in [1.807, 2.05) is 25.2 Å². The molecule has 0 unspecified atom stereocenters. The quantitative estimate of drug-likeness (QED) is 0.714. The Labute approximate surface area is 146 Å². The monoisotopic (exact) mass is 394 g/mol. The second-order valence-electron chi connectivity index (χ2n) is 5.65. The van der Waals surface area contributed by atoms with Crippen molar-refractivity contribution in [3.8, 4) is 0 Å². The summed E-state index contributed by atoms with van der Waals surface area (Å²) in [5.74, 6) is 0.959. The Kier molecular flexibility index (Phi) is 9.61. The summed E-state index contributed by atoms with van der Waals surface area (Å²) in [5.41, 5.74) is 5.67. The zero-order valence-electron chi connectivity index (χ0n) is 12.8. The fourth-order valence-electron chi connectivity index (χ4n) is 1.80. The lowest BCUT2D eigenvalue weighted by atomic mass is 9.93. The van der Waals surface area contributed by atoms with Crippen LogP contribution in [0.5, 0.6) is 0 Å². The number of nitrogens with zero attached hydrogens (tertiary/aromatic N) is 1. The first-order valence-corrected chi connectivity index (χ1v) is 8.45. The third kappa shape index (κ3) is 7.54. The number of nitrogens with two attached hydrogens (primary N) is 1. The summed E-state index contributed by atoms with van der Waals surface area (Å²) in [6.45, 7) is 5.43. The van der Waals surface area contributed by atoms with Gasteiger partial charge in [0.2, 0.25) is 5.91 Å². The molecule has 21 heavy (non-hydrogen) atoms. The van der Waals surface area contributed by atoms with Crippen LogP contribution >= 0.6 is 40.1 Å². The van der Waals surface area contributed by atoms with Crippen molar-refractivity contribution in [1.82, 2.24) is 4.90 Å². The lowest BCUT2D eigenvalue weighted by Crippen LogP contribution is -2.39. The van der Waals surface area contributed by atoms with E-state index in [-0.39, 0.29) is 23.7 Å². The van der Waals surface area contributed by atoms with Gasteiger partial charge in [-0.3, -0.25) is 4.79 Å². The summed E-state index contributed by atoms with van der Waals surface area (Å²) in [6, 6.07) is 8.06. The van der Waals surface area contributed by atoms with Crippen LogP contribution < -0.4 is 5.73 Å². The van der Waals surface area contributed by atoms with E-state index in [1.165, 1.54) is 4.90 Å². The van der Waals surface area contributed by atoms with Gasteiger partial charge in [0.1, 0.15) is 0 Å². The molecule has 0 bridgehead atoms. The smallest absolute Gasteiger partial charge is 0.223 e. The minimum absolute atomic E-state index is 0. The lowest BCUT2D eigenvalue weighted by molar-refractivity contribution is -0.130. The Morgan fingerprint density at radius 1 is 1.38 bits per heavy atom. The summed E-state index contributed by atoms with van der Waals surface area (Å²) >= 11 is 5.21. The van der Waals surface area contributed by atoms with Crippen LogP contribution in [-0.2, 0) is 4.79 Å². The molecule has 0 saturated heterocycles. The average Bonchev–Trinajstić information content (AvgIpc) is 2.40. The molecule has 0 spiro atoms. The van der Waals surface area contributed by atoms with Gasteiger partial charge in [0.25, 0.3) is 0 Å². The first-order valence-electron chi connectivity index (χ1n) is 6.67. The third-order valence-electron chi connectivity index (χ3n) is 3.05. The maximum atomic E-state index is 12.1. The summed E-state index contributed by atoms with van der Waals surface area (Å²) in [4.78, 5) is 15.0. The van der Waals surface area contributed by atoms with E-state index >= 15 is 0 Å². The highest BCUT2D eigenvalue weighted by Gasteiger charge is 2.20. The molecular weight excluding hydrogens is 372 g/mol. The Hall–Kier alpha value is -0.230. The van der Waals surface area contributed by atoms with Crippen LogP contribution in [0.15, 0.2) is 33.6 Å². The maximum Gasteiger partial charge on any atom is 0.223 e. The molecule has 0 saturated carbocycles. The van der Waals surface area contributed by atoms with Crippen molar-refractivity contribution in [2.75, 3.05) is 25.9 Å². The van der Waals surface area contributed by atoms with Crippen LogP contribution in [0, 0.1) is 5.41 Å². The molecule has 0 aliphatic carbocycles. The maximum absolute atomic E-state index is 12.1. The standard InChI is InChI=1S/C15H23BrN2OS.ClH/c1-15(2,10-17)11-18(3)14(19)8-9-20-13-7-5-4-6-12(13)16;/h4-7H,8-11,17H2,1-3H3;1H. The number of rotatable bonds is 7. The van der Waals surface area contributed by atoms with Gasteiger partial charge in [0, 0.05) is 35.1 Å². The van der Waals surface area contributed by atoms with Crippen LogP contribution in [0.4, 0.5) is 0 Å². The first-order chi connectivity index (χ1) is 9.35. The van der Waals surface area contributed by atoms with Crippen molar-refractivity contribution in [1.29, 1.82) is 0 Å². The average molecular weight is 396 g/mol. The lowest BCUT2D eigenvalue weighted by Gasteiger charge is -2.29. The highest BCUT2D eigenvalue weighted by atomic mass is 79.9. The molecule has 0 aliphatic heterocycles. The number of amides is 1. The molecule has 6 heteroatoms. The molecule has 0 atom stereocenters. The first kappa shape index (κ1) is 20.8. The molecule has 0 aromatic heterocycles. The van der Waals surface area contributed by atoms with Gasteiger partial charge < -0.3 is 10.6 Å². The second-order valence-corrected chi connectivity index (χ2v) is 7.64. The van der Waals surface area contributed by atoms with Crippen LogP contribution in [-0.4, -0.2) is 36.7 Å². The van der Waals surface area contributed by atoms with Gasteiger partial charge in [0.05, 0.1) is 0 Å².